The molecule has 1 heterocycles. The Kier molecular flexibility index (Phi) is 3.89. The van der Waals surface area contributed by atoms with E-state index in [-0.39, 0.29) is 18.5 Å². The van der Waals surface area contributed by atoms with Crippen LogP contribution >= 0.6 is 0 Å². The first-order chi connectivity index (χ1) is 8.18. The predicted molar refractivity (Wildman–Crippen MR) is 62.5 cm³/mol. The minimum Gasteiger partial charge on any atom is -0.364 e. The van der Waals surface area contributed by atoms with Crippen molar-refractivity contribution < 1.29 is 9.53 Å². The number of aromatic nitrogens is 3. The lowest BCUT2D eigenvalue weighted by atomic mass is 9.99. The molecule has 1 aromatic rings. The minimum atomic E-state index is -0.0331. The third-order valence-corrected chi connectivity index (χ3v) is 3.12. The number of fused-ring (bicyclic) bond motifs is 1. The van der Waals surface area contributed by atoms with Gasteiger partial charge in [0.2, 0.25) is 0 Å². The lowest BCUT2D eigenvalue weighted by Gasteiger charge is -2.20. The fourth-order valence-corrected chi connectivity index (χ4v) is 2.30. The Labute approximate surface area is 101 Å². The Morgan fingerprint density at radius 1 is 1.47 bits per heavy atom. The van der Waals surface area contributed by atoms with E-state index in [0.717, 1.165) is 37.1 Å². The normalized spacial score (nSPS) is 20.5. The van der Waals surface area contributed by atoms with Gasteiger partial charge in [0.25, 0.3) is 0 Å². The molecule has 1 atom stereocenters. The number of nitrogens with zero attached hydrogens (tertiary/aromatic N) is 3. The van der Waals surface area contributed by atoms with Crippen LogP contribution in [0.1, 0.15) is 50.1 Å². The molecule has 0 radical (unpaired) electrons. The standard InChI is InChI=1S/C12H19N3O2/c1-9(16)8-17-11-7-5-3-4-6-10-12(11)15(2)14-13-10/h11H,3-8H2,1-2H3. The van der Waals surface area contributed by atoms with Crippen LogP contribution in [0, 0.1) is 0 Å². The van der Waals surface area contributed by atoms with E-state index < -0.39 is 0 Å². The molecule has 1 aliphatic rings. The van der Waals surface area contributed by atoms with Crippen molar-refractivity contribution in [1.29, 1.82) is 0 Å². The molecule has 0 aliphatic heterocycles. The summed E-state index contributed by atoms with van der Waals surface area (Å²) in [7, 11) is 1.89. The molecular weight excluding hydrogens is 218 g/mol. The highest BCUT2D eigenvalue weighted by atomic mass is 16.5. The van der Waals surface area contributed by atoms with Gasteiger partial charge in [-0.25, -0.2) is 4.68 Å². The van der Waals surface area contributed by atoms with E-state index in [1.54, 1.807) is 11.6 Å². The van der Waals surface area contributed by atoms with E-state index in [0.29, 0.717) is 0 Å². The van der Waals surface area contributed by atoms with E-state index in [1.165, 1.54) is 6.42 Å². The second kappa shape index (κ2) is 5.40. The summed E-state index contributed by atoms with van der Waals surface area (Å²) < 4.78 is 7.48. The van der Waals surface area contributed by atoms with Crippen LogP contribution in [0.5, 0.6) is 0 Å². The minimum absolute atomic E-state index is 0.0331. The van der Waals surface area contributed by atoms with Gasteiger partial charge in [0.05, 0.1) is 11.4 Å². The monoisotopic (exact) mass is 237 g/mol. The van der Waals surface area contributed by atoms with Gasteiger partial charge in [-0.3, -0.25) is 4.79 Å². The highest BCUT2D eigenvalue weighted by Crippen LogP contribution is 2.28. The van der Waals surface area contributed by atoms with E-state index in [4.69, 9.17) is 4.74 Å². The van der Waals surface area contributed by atoms with Crippen molar-refractivity contribution in [3.8, 4) is 0 Å². The quantitative estimate of drug-likeness (QED) is 0.801. The molecule has 0 amide bonds. The molecule has 0 N–H and O–H groups in total. The van der Waals surface area contributed by atoms with Crippen LogP contribution in [-0.4, -0.2) is 27.4 Å². The average Bonchev–Trinajstić information content (AvgIpc) is 2.59. The van der Waals surface area contributed by atoms with Crippen molar-refractivity contribution >= 4 is 5.78 Å². The van der Waals surface area contributed by atoms with Crippen molar-refractivity contribution in [2.24, 2.45) is 7.05 Å². The largest absolute Gasteiger partial charge is 0.364 e. The van der Waals surface area contributed by atoms with Gasteiger partial charge in [0, 0.05) is 7.05 Å². The molecule has 5 nitrogen and oxygen atoms in total. The molecule has 0 spiro atoms. The molecular formula is C12H19N3O2. The number of ether oxygens (including phenoxy) is 1. The molecule has 0 bridgehead atoms. The maximum Gasteiger partial charge on any atom is 0.155 e. The number of carbonyl (C=O) groups excluding carboxylic acids is 1. The second-order valence-electron chi connectivity index (χ2n) is 4.65. The van der Waals surface area contributed by atoms with Crippen LogP contribution in [-0.2, 0) is 23.0 Å². The Morgan fingerprint density at radius 2 is 2.29 bits per heavy atom. The molecule has 0 saturated carbocycles. The Hall–Kier alpha value is -1.23. The topological polar surface area (TPSA) is 57.0 Å². The molecule has 0 aromatic carbocycles. The maximum atomic E-state index is 11.0. The molecule has 2 rings (SSSR count). The predicted octanol–water partition coefficient (Wildman–Crippen LogP) is 1.58. The number of hydrogen-bond donors (Lipinski definition) is 0. The Bertz CT molecular complexity index is 400. The molecule has 0 fully saturated rings. The molecule has 1 aromatic heterocycles. The highest BCUT2D eigenvalue weighted by molar-refractivity contribution is 5.76. The number of Topliss-reactive ketones (excluding diaryl/α,β-unsaturated/α-hetero) is 1. The fraction of sp³-hybridized carbons (Fsp3) is 0.750. The summed E-state index contributed by atoms with van der Waals surface area (Å²) in [5, 5.41) is 8.24. The first-order valence-electron chi connectivity index (χ1n) is 6.18. The van der Waals surface area contributed by atoms with Gasteiger partial charge in [0.1, 0.15) is 12.7 Å². The van der Waals surface area contributed by atoms with Crippen LogP contribution in [0.15, 0.2) is 0 Å². The second-order valence-corrected chi connectivity index (χ2v) is 4.65. The molecule has 1 aliphatic carbocycles. The summed E-state index contributed by atoms with van der Waals surface area (Å²) in [4.78, 5) is 11.0. The van der Waals surface area contributed by atoms with Gasteiger partial charge >= 0.3 is 0 Å². The number of aryl methyl sites for hydroxylation is 2. The van der Waals surface area contributed by atoms with Crippen molar-refractivity contribution in [2.75, 3.05) is 6.61 Å². The van der Waals surface area contributed by atoms with Crippen molar-refractivity contribution in [3.63, 3.8) is 0 Å². The molecule has 0 saturated heterocycles. The number of hydrogen-bond acceptors (Lipinski definition) is 4. The lowest BCUT2D eigenvalue weighted by Crippen LogP contribution is -2.16. The molecule has 17 heavy (non-hydrogen) atoms. The Balaban J connectivity index is 2.19. The maximum absolute atomic E-state index is 11.0. The first kappa shape index (κ1) is 12.2. The fourth-order valence-electron chi connectivity index (χ4n) is 2.30. The van der Waals surface area contributed by atoms with Gasteiger partial charge in [-0.1, -0.05) is 18.1 Å². The smallest absolute Gasteiger partial charge is 0.155 e. The SMILES string of the molecule is CC(=O)COC1CCCCCc2nnn(C)c21. The summed E-state index contributed by atoms with van der Waals surface area (Å²) >= 11 is 0. The summed E-state index contributed by atoms with van der Waals surface area (Å²) in [5.41, 5.74) is 2.08. The van der Waals surface area contributed by atoms with Gasteiger partial charge in [-0.15, -0.1) is 5.10 Å². The van der Waals surface area contributed by atoms with Crippen molar-refractivity contribution in [1.82, 2.24) is 15.0 Å². The average molecular weight is 237 g/mol. The first-order valence-corrected chi connectivity index (χ1v) is 6.18. The van der Waals surface area contributed by atoms with Crippen molar-refractivity contribution in [3.05, 3.63) is 11.4 Å². The van der Waals surface area contributed by atoms with E-state index in [9.17, 15) is 4.79 Å². The van der Waals surface area contributed by atoms with Crippen LogP contribution in [0.3, 0.4) is 0 Å². The number of rotatable bonds is 3. The Morgan fingerprint density at radius 3 is 3.06 bits per heavy atom. The summed E-state index contributed by atoms with van der Waals surface area (Å²) in [6.07, 6.45) is 5.35. The van der Waals surface area contributed by atoms with E-state index >= 15 is 0 Å². The summed E-state index contributed by atoms with van der Waals surface area (Å²) in [6, 6.07) is 0. The van der Waals surface area contributed by atoms with Crippen LogP contribution in [0.4, 0.5) is 0 Å². The summed E-state index contributed by atoms with van der Waals surface area (Å²) in [6.45, 7) is 1.72. The zero-order valence-electron chi connectivity index (χ0n) is 10.5. The van der Waals surface area contributed by atoms with Crippen LogP contribution in [0.2, 0.25) is 0 Å². The third-order valence-electron chi connectivity index (χ3n) is 3.12. The number of ketones is 1. The van der Waals surface area contributed by atoms with E-state index in [2.05, 4.69) is 10.3 Å². The highest BCUT2D eigenvalue weighted by Gasteiger charge is 2.23. The van der Waals surface area contributed by atoms with Crippen LogP contribution in [0.25, 0.3) is 0 Å². The zero-order valence-corrected chi connectivity index (χ0v) is 10.5. The van der Waals surface area contributed by atoms with Crippen molar-refractivity contribution in [2.45, 2.75) is 45.1 Å². The lowest BCUT2D eigenvalue weighted by molar-refractivity contribution is -0.123. The molecule has 5 heteroatoms. The zero-order chi connectivity index (χ0) is 12.3. The van der Waals surface area contributed by atoms with Gasteiger partial charge < -0.3 is 4.74 Å². The van der Waals surface area contributed by atoms with Gasteiger partial charge in [0.15, 0.2) is 5.78 Å². The number of carbonyl (C=O) groups is 1. The van der Waals surface area contributed by atoms with E-state index in [1.807, 2.05) is 7.05 Å². The summed E-state index contributed by atoms with van der Waals surface area (Å²) in [5.74, 6) is 0.0590. The van der Waals surface area contributed by atoms with Gasteiger partial charge in [-0.2, -0.15) is 0 Å². The molecule has 94 valence electrons. The van der Waals surface area contributed by atoms with Crippen LogP contribution < -0.4 is 0 Å². The third kappa shape index (κ3) is 2.91. The van der Waals surface area contributed by atoms with Gasteiger partial charge in [-0.05, 0) is 26.2 Å². The molecule has 1 unspecified atom stereocenters.